The lowest BCUT2D eigenvalue weighted by Crippen LogP contribution is -2.33. The largest absolute Gasteiger partial charge is 0.548 e. The van der Waals surface area contributed by atoms with Crippen molar-refractivity contribution >= 4 is 63.2 Å². The van der Waals surface area contributed by atoms with Gasteiger partial charge in [0.25, 0.3) is 5.56 Å². The van der Waals surface area contributed by atoms with E-state index < -0.39 is 36.1 Å². The Labute approximate surface area is 381 Å². The maximum atomic E-state index is 14.9. The maximum absolute atomic E-state index is 14.9. The predicted molar refractivity (Wildman–Crippen MR) is 241 cm³/mol. The van der Waals surface area contributed by atoms with Gasteiger partial charge in [-0.2, -0.15) is 4.99 Å². The van der Waals surface area contributed by atoms with E-state index in [1.165, 1.54) is 21.6 Å². The highest BCUT2D eigenvalue weighted by Gasteiger charge is 2.30. The number of nitrogens with zero attached hydrogens (tertiary/aromatic N) is 7. The van der Waals surface area contributed by atoms with Crippen LogP contribution in [-0.2, 0) is 67.7 Å². The van der Waals surface area contributed by atoms with Crippen LogP contribution in [0.2, 0.25) is 0 Å². The maximum Gasteiger partial charge on any atom is 0.548 e. The lowest BCUT2D eigenvalue weighted by atomic mass is 9.96. The van der Waals surface area contributed by atoms with Gasteiger partial charge in [0.15, 0.2) is 6.29 Å². The molecule has 1 atom stereocenters. The van der Waals surface area contributed by atoms with Crippen molar-refractivity contribution in [3.8, 4) is 11.4 Å². The highest BCUT2D eigenvalue weighted by molar-refractivity contribution is 7.83. The first-order chi connectivity index (χ1) is 31.9. The Hall–Kier alpha value is -7.10. The summed E-state index contributed by atoms with van der Waals surface area (Å²) in [5, 5.41) is 37.9. The number of anilines is 1. The quantitative estimate of drug-likeness (QED) is 0.0444. The number of carbonyl (C=O) groups excluding carboxylic acids is 4. The number of aliphatic imine (C=N–C) groups is 1. The molecule has 0 saturated carbocycles. The van der Waals surface area contributed by atoms with Gasteiger partial charge < -0.3 is 45.2 Å². The number of amidine groups is 1. The standard InChI is InChI=1S/C45H47FN10O9S/c1-3-54(14-12-30-31-15-26(2)35(46)17-36(31)51-42-33(30)21-56-38(42)16-32(39(59)24-58)34(23-57)43(56)62)45(63)65-25-27-8-10-29(11-9-27)50-41(61)20-47-40(60)7-5-4-6-13-55-22-37(52-53-55)28-18-48-44(66-64)49-19-28/h8-11,15-18,22,24,39,57,59H,3-7,12-14,19-21,23,25H2,1-2H3,(H2-,47,48,49,50,60,61)/p+1/t39-/m1/s1. The van der Waals surface area contributed by atoms with Gasteiger partial charge in [-0.15, -0.1) is 5.10 Å². The molecule has 66 heavy (non-hydrogen) atoms. The molecule has 0 spiro atoms. The Kier molecular flexibility index (Phi) is 15.1. The number of aryl methyl sites for hydroxylation is 2. The third-order valence-corrected chi connectivity index (χ3v) is 11.8. The fourth-order valence-electron chi connectivity index (χ4n) is 7.80. The second-order valence-corrected chi connectivity index (χ2v) is 16.3. The van der Waals surface area contributed by atoms with Gasteiger partial charge in [0.1, 0.15) is 24.2 Å². The van der Waals surface area contributed by atoms with Crippen LogP contribution < -0.4 is 21.5 Å². The van der Waals surface area contributed by atoms with Crippen LogP contribution in [0.5, 0.6) is 0 Å². The zero-order chi connectivity index (χ0) is 46.9. The number of unbranched alkanes of at least 4 members (excludes halogenated alkanes) is 2. The SMILES string of the molecule is CCN(CCc1c2c(nc3cc(F)c(C)cc13)-c1cc([C@H](O)C=O)c(CO)c(=O)n1C2)C(=O)OCc1ccc(NC(=O)CNC(=O)CCCCCn2cc(C3=CN=C([S+]=O)NC3)nn2)cc1. The van der Waals surface area contributed by atoms with E-state index in [9.17, 15) is 42.8 Å². The van der Waals surface area contributed by atoms with Gasteiger partial charge in [-0.1, -0.05) is 23.8 Å². The highest BCUT2D eigenvalue weighted by atomic mass is 32.1. The van der Waals surface area contributed by atoms with Gasteiger partial charge in [0.05, 0.1) is 49.3 Å². The molecule has 2 aromatic carbocycles. The Balaban J connectivity index is 0.870. The zero-order valence-electron chi connectivity index (χ0n) is 36.2. The summed E-state index contributed by atoms with van der Waals surface area (Å²) in [4.78, 5) is 73.6. The van der Waals surface area contributed by atoms with Crippen molar-refractivity contribution in [3.05, 3.63) is 110 Å². The van der Waals surface area contributed by atoms with Gasteiger partial charge in [0.2, 0.25) is 11.8 Å². The summed E-state index contributed by atoms with van der Waals surface area (Å²) in [6.45, 7) is 4.12. The molecular weight excluding hydrogens is 876 g/mol. The minimum Gasteiger partial charge on any atom is -0.445 e. The van der Waals surface area contributed by atoms with E-state index in [0.717, 1.165) is 24.0 Å². The Bertz CT molecular complexity index is 2810. The molecule has 0 bridgehead atoms. The topological polar surface area (TPSA) is 252 Å². The monoisotopic (exact) mass is 923 g/mol. The number of ether oxygens (including phenoxy) is 1. The number of nitrogens with one attached hydrogen (secondary N) is 3. The average Bonchev–Trinajstić information content (AvgIpc) is 3.96. The molecule has 3 amide bonds. The molecule has 2 aliphatic heterocycles. The Morgan fingerprint density at radius 2 is 1.91 bits per heavy atom. The van der Waals surface area contributed by atoms with Gasteiger partial charge in [-0.3, -0.25) is 19.1 Å². The Morgan fingerprint density at radius 1 is 1.11 bits per heavy atom. The first kappa shape index (κ1) is 46.9. The lowest BCUT2D eigenvalue weighted by molar-refractivity contribution is -0.124. The molecule has 5 heterocycles. The van der Waals surface area contributed by atoms with E-state index in [-0.39, 0.29) is 62.4 Å². The molecule has 344 valence electrons. The van der Waals surface area contributed by atoms with Crippen LogP contribution in [-0.4, -0.2) is 95.2 Å². The number of hydrogen-bond donors (Lipinski definition) is 5. The number of rotatable bonds is 19. The Morgan fingerprint density at radius 3 is 2.62 bits per heavy atom. The van der Waals surface area contributed by atoms with Crippen LogP contribution in [0.3, 0.4) is 0 Å². The smallest absolute Gasteiger partial charge is 0.445 e. The van der Waals surface area contributed by atoms with Gasteiger partial charge >= 0.3 is 22.9 Å². The average molecular weight is 924 g/mol. The van der Waals surface area contributed by atoms with E-state index in [0.29, 0.717) is 93.3 Å². The molecule has 0 unspecified atom stereocenters. The van der Waals surface area contributed by atoms with Gasteiger partial charge in [-0.25, -0.2) is 14.2 Å². The molecule has 2 aliphatic rings. The molecule has 0 aliphatic carbocycles. The van der Waals surface area contributed by atoms with Crippen molar-refractivity contribution in [3.63, 3.8) is 0 Å². The van der Waals surface area contributed by atoms with E-state index in [4.69, 9.17) is 9.72 Å². The summed E-state index contributed by atoms with van der Waals surface area (Å²) in [6.07, 6.45) is 4.19. The molecule has 19 nitrogen and oxygen atoms in total. The van der Waals surface area contributed by atoms with Crippen molar-refractivity contribution < 1.29 is 42.7 Å². The van der Waals surface area contributed by atoms with Gasteiger partial charge in [-0.05, 0) is 74.1 Å². The molecule has 5 aromatic rings. The van der Waals surface area contributed by atoms with Crippen LogP contribution in [0.25, 0.3) is 27.9 Å². The summed E-state index contributed by atoms with van der Waals surface area (Å²) in [7, 11) is 0. The third kappa shape index (κ3) is 10.7. The van der Waals surface area contributed by atoms with Crippen molar-refractivity contribution in [1.29, 1.82) is 0 Å². The van der Waals surface area contributed by atoms with Crippen LogP contribution in [0, 0.1) is 12.7 Å². The molecule has 0 radical (unpaired) electrons. The number of amides is 3. The van der Waals surface area contributed by atoms with Crippen LogP contribution in [0.15, 0.2) is 64.6 Å². The number of aromatic nitrogens is 5. The van der Waals surface area contributed by atoms with E-state index in [2.05, 4.69) is 31.3 Å². The van der Waals surface area contributed by atoms with E-state index >= 15 is 0 Å². The normalized spacial score (nSPS) is 13.2. The molecule has 0 saturated heterocycles. The number of hydrogen-bond acceptors (Lipinski definition) is 14. The first-order valence-electron chi connectivity index (χ1n) is 21.3. The van der Waals surface area contributed by atoms with Crippen LogP contribution >= 0.6 is 0 Å². The molecule has 3 aromatic heterocycles. The number of aliphatic hydroxyl groups excluding tert-OH is 2. The molecule has 5 N–H and O–H groups in total. The summed E-state index contributed by atoms with van der Waals surface area (Å²) in [5.74, 6) is -1.12. The predicted octanol–water partition coefficient (Wildman–Crippen LogP) is 3.43. The number of aliphatic hydroxyl groups is 2. The fraction of sp³-hybridized carbons (Fsp3) is 0.356. The number of halogens is 1. The van der Waals surface area contributed by atoms with Crippen LogP contribution in [0.4, 0.5) is 14.9 Å². The van der Waals surface area contributed by atoms with Crippen molar-refractivity contribution in [2.24, 2.45) is 4.99 Å². The van der Waals surface area contributed by atoms with Crippen molar-refractivity contribution in [2.45, 2.75) is 78.4 Å². The van der Waals surface area contributed by atoms with Crippen LogP contribution in [0.1, 0.15) is 77.8 Å². The summed E-state index contributed by atoms with van der Waals surface area (Å²) >= 11 is 0.298. The molecular formula is C45H48FN10O9S+. The van der Waals surface area contributed by atoms with E-state index in [1.54, 1.807) is 55.1 Å². The summed E-state index contributed by atoms with van der Waals surface area (Å²) in [5.41, 5.74) is 4.71. The first-order valence-corrected chi connectivity index (χ1v) is 22.1. The number of benzene rings is 2. The van der Waals surface area contributed by atoms with E-state index in [1.807, 2.05) is 6.20 Å². The molecule has 7 rings (SSSR count). The highest BCUT2D eigenvalue weighted by Crippen LogP contribution is 2.38. The number of carbonyl (C=O) groups is 4. The fourth-order valence-corrected chi connectivity index (χ4v) is 8.02. The van der Waals surface area contributed by atoms with Gasteiger partial charge in [0, 0.05) is 75.9 Å². The van der Waals surface area contributed by atoms with Crippen molar-refractivity contribution in [2.75, 3.05) is 31.5 Å². The summed E-state index contributed by atoms with van der Waals surface area (Å²) in [6, 6.07) is 11.2. The molecule has 0 fully saturated rings. The summed E-state index contributed by atoms with van der Waals surface area (Å²) < 4.78 is 34.5. The third-order valence-electron chi connectivity index (χ3n) is 11.4. The molecule has 21 heteroatoms. The lowest BCUT2D eigenvalue weighted by Gasteiger charge is -2.22. The number of fused-ring (bicyclic) bond motifs is 4. The van der Waals surface area contributed by atoms with Crippen molar-refractivity contribution in [1.82, 2.24) is 40.1 Å². The number of aldehydes is 1. The second-order valence-electron chi connectivity index (χ2n) is 15.7. The number of pyridine rings is 2. The zero-order valence-corrected chi connectivity index (χ0v) is 37.0. The number of likely N-dealkylation sites (N-methyl/N-ethyl adjacent to an activating group) is 1. The minimum absolute atomic E-state index is 0.0353. The second kappa shape index (κ2) is 21.3. The minimum atomic E-state index is -1.65.